The molecule has 0 unspecified atom stereocenters. The second kappa shape index (κ2) is 3.44. The van der Waals surface area contributed by atoms with Crippen LogP contribution in [0.25, 0.3) is 0 Å². The summed E-state index contributed by atoms with van der Waals surface area (Å²) in [5.74, 6) is -0.0773. The van der Waals surface area contributed by atoms with E-state index in [9.17, 15) is 4.79 Å². The fourth-order valence-corrected chi connectivity index (χ4v) is 0.985. The summed E-state index contributed by atoms with van der Waals surface area (Å²) in [6.07, 6.45) is 0. The Labute approximate surface area is 71.0 Å². The Morgan fingerprint density at radius 2 is 2.09 bits per heavy atom. The highest BCUT2D eigenvalue weighted by Gasteiger charge is 1.97. The van der Waals surface area contributed by atoms with E-state index in [1.807, 2.05) is 24.3 Å². The van der Waals surface area contributed by atoms with Crippen LogP contribution >= 0.6 is 12.6 Å². The zero-order valence-corrected chi connectivity index (χ0v) is 7.06. The van der Waals surface area contributed by atoms with Gasteiger partial charge in [-0.25, -0.2) is 0 Å². The number of hydrogen-bond donors (Lipinski definition) is 2. The quantitative estimate of drug-likeness (QED) is 0.615. The molecule has 0 bridgehead atoms. The van der Waals surface area contributed by atoms with Crippen LogP contribution in [0, 0.1) is 0 Å². The molecule has 1 aromatic carbocycles. The van der Waals surface area contributed by atoms with Crippen molar-refractivity contribution in [3.63, 3.8) is 0 Å². The number of para-hydroxylation sites is 1. The Morgan fingerprint density at radius 3 is 2.64 bits per heavy atom. The van der Waals surface area contributed by atoms with E-state index >= 15 is 0 Å². The largest absolute Gasteiger partial charge is 0.325 e. The Morgan fingerprint density at radius 1 is 1.45 bits per heavy atom. The molecule has 0 atom stereocenters. The van der Waals surface area contributed by atoms with Crippen molar-refractivity contribution in [2.24, 2.45) is 0 Å². The first-order chi connectivity index (χ1) is 5.20. The molecule has 2 nitrogen and oxygen atoms in total. The van der Waals surface area contributed by atoms with Gasteiger partial charge in [0, 0.05) is 11.8 Å². The lowest BCUT2D eigenvalue weighted by molar-refractivity contribution is -0.114. The van der Waals surface area contributed by atoms with E-state index in [4.69, 9.17) is 0 Å². The second-order valence-corrected chi connectivity index (χ2v) is 2.68. The zero-order chi connectivity index (χ0) is 8.27. The van der Waals surface area contributed by atoms with E-state index in [1.54, 1.807) is 0 Å². The van der Waals surface area contributed by atoms with Crippen molar-refractivity contribution in [1.82, 2.24) is 0 Å². The van der Waals surface area contributed by atoms with Crippen LogP contribution in [-0.2, 0) is 4.79 Å². The number of rotatable bonds is 1. The van der Waals surface area contributed by atoms with Gasteiger partial charge >= 0.3 is 0 Å². The Kier molecular flexibility index (Phi) is 2.54. The third-order valence-electron chi connectivity index (χ3n) is 1.21. The molecule has 0 fully saturated rings. The highest BCUT2D eigenvalue weighted by molar-refractivity contribution is 7.80. The topological polar surface area (TPSA) is 29.1 Å². The molecule has 1 amide bonds. The molecule has 0 aliphatic heterocycles. The molecule has 0 radical (unpaired) electrons. The molecule has 3 heteroatoms. The van der Waals surface area contributed by atoms with Crippen molar-refractivity contribution in [2.45, 2.75) is 11.8 Å². The Hall–Kier alpha value is -0.960. The maximum Gasteiger partial charge on any atom is 0.221 e. The van der Waals surface area contributed by atoms with Crippen LogP contribution in [0.1, 0.15) is 6.92 Å². The summed E-state index contributed by atoms with van der Waals surface area (Å²) in [6, 6.07) is 7.36. The minimum atomic E-state index is -0.0773. The van der Waals surface area contributed by atoms with Crippen LogP contribution in [0.2, 0.25) is 0 Å². The first kappa shape index (κ1) is 8.14. The van der Waals surface area contributed by atoms with Gasteiger partial charge in [0.15, 0.2) is 0 Å². The van der Waals surface area contributed by atoms with Gasteiger partial charge in [-0.2, -0.15) is 0 Å². The second-order valence-electron chi connectivity index (χ2n) is 2.20. The highest BCUT2D eigenvalue weighted by Crippen LogP contribution is 2.17. The van der Waals surface area contributed by atoms with Crippen LogP contribution in [0.5, 0.6) is 0 Å². The summed E-state index contributed by atoms with van der Waals surface area (Å²) in [5.41, 5.74) is 0.753. The predicted molar refractivity (Wildman–Crippen MR) is 48.0 cm³/mol. The van der Waals surface area contributed by atoms with Crippen LogP contribution in [0.15, 0.2) is 29.2 Å². The molecule has 0 saturated carbocycles. The molecule has 0 heterocycles. The van der Waals surface area contributed by atoms with E-state index in [2.05, 4.69) is 17.9 Å². The van der Waals surface area contributed by atoms with Gasteiger partial charge in [-0.3, -0.25) is 4.79 Å². The molecule has 0 aromatic heterocycles. The lowest BCUT2D eigenvalue weighted by Crippen LogP contribution is -2.05. The number of anilines is 1. The number of thiol groups is 1. The fourth-order valence-electron chi connectivity index (χ4n) is 0.769. The van der Waals surface area contributed by atoms with E-state index in [-0.39, 0.29) is 5.91 Å². The fraction of sp³-hybridized carbons (Fsp3) is 0.125. The van der Waals surface area contributed by atoms with Crippen molar-refractivity contribution < 1.29 is 4.79 Å². The monoisotopic (exact) mass is 167 g/mol. The lowest BCUT2D eigenvalue weighted by Gasteiger charge is -2.03. The molecule has 11 heavy (non-hydrogen) atoms. The number of carbonyl (C=O) groups is 1. The third kappa shape index (κ3) is 2.27. The molecular formula is C8H9NOS. The minimum Gasteiger partial charge on any atom is -0.325 e. The van der Waals surface area contributed by atoms with Gasteiger partial charge in [0.25, 0.3) is 0 Å². The van der Waals surface area contributed by atoms with Gasteiger partial charge in [0.2, 0.25) is 5.91 Å². The first-order valence-electron chi connectivity index (χ1n) is 3.26. The smallest absolute Gasteiger partial charge is 0.221 e. The number of benzene rings is 1. The maximum atomic E-state index is 10.6. The summed E-state index contributed by atoms with van der Waals surface area (Å²) in [6.45, 7) is 1.47. The van der Waals surface area contributed by atoms with Crippen molar-refractivity contribution in [2.75, 3.05) is 5.32 Å². The predicted octanol–water partition coefficient (Wildman–Crippen LogP) is 1.93. The summed E-state index contributed by atoms with van der Waals surface area (Å²) in [7, 11) is 0. The number of carbonyl (C=O) groups excluding carboxylic acids is 1. The van der Waals surface area contributed by atoms with Gasteiger partial charge in [-0.05, 0) is 12.1 Å². The SMILES string of the molecule is CC(=O)Nc1ccccc1S. The average molecular weight is 167 g/mol. The normalized spacial score (nSPS) is 9.27. The van der Waals surface area contributed by atoms with E-state index < -0.39 is 0 Å². The van der Waals surface area contributed by atoms with Crippen molar-refractivity contribution in [3.8, 4) is 0 Å². The summed E-state index contributed by atoms with van der Waals surface area (Å²) < 4.78 is 0. The molecule has 0 spiro atoms. The minimum absolute atomic E-state index is 0.0773. The Balaban J connectivity index is 2.86. The molecular weight excluding hydrogens is 158 g/mol. The van der Waals surface area contributed by atoms with Gasteiger partial charge in [-0.1, -0.05) is 12.1 Å². The van der Waals surface area contributed by atoms with Crippen LogP contribution < -0.4 is 5.32 Å². The van der Waals surface area contributed by atoms with Gasteiger partial charge in [-0.15, -0.1) is 12.6 Å². The average Bonchev–Trinajstić information content (AvgIpc) is 1.93. The lowest BCUT2D eigenvalue weighted by atomic mass is 10.3. The first-order valence-corrected chi connectivity index (χ1v) is 3.70. The third-order valence-corrected chi connectivity index (χ3v) is 1.60. The van der Waals surface area contributed by atoms with Gasteiger partial charge < -0.3 is 5.32 Å². The van der Waals surface area contributed by atoms with Crippen molar-refractivity contribution in [1.29, 1.82) is 0 Å². The number of nitrogens with one attached hydrogen (secondary N) is 1. The van der Waals surface area contributed by atoms with Gasteiger partial charge in [0.05, 0.1) is 5.69 Å². The molecule has 58 valence electrons. The van der Waals surface area contributed by atoms with Gasteiger partial charge in [0.1, 0.15) is 0 Å². The van der Waals surface area contributed by atoms with E-state index in [0.717, 1.165) is 10.6 Å². The summed E-state index contributed by atoms with van der Waals surface area (Å²) >= 11 is 4.16. The van der Waals surface area contributed by atoms with Crippen molar-refractivity contribution >= 4 is 24.2 Å². The number of hydrogen-bond acceptors (Lipinski definition) is 2. The maximum absolute atomic E-state index is 10.6. The molecule has 1 aromatic rings. The zero-order valence-electron chi connectivity index (χ0n) is 6.16. The van der Waals surface area contributed by atoms with E-state index in [0.29, 0.717) is 0 Å². The molecule has 0 aliphatic rings. The standard InChI is InChI=1S/C8H9NOS/c1-6(10)9-7-4-2-3-5-8(7)11/h2-5,11H,1H3,(H,9,10). The molecule has 1 N–H and O–H groups in total. The highest BCUT2D eigenvalue weighted by atomic mass is 32.1. The van der Waals surface area contributed by atoms with E-state index in [1.165, 1.54) is 6.92 Å². The summed E-state index contributed by atoms with van der Waals surface area (Å²) in [4.78, 5) is 11.4. The summed E-state index contributed by atoms with van der Waals surface area (Å²) in [5, 5.41) is 2.66. The van der Waals surface area contributed by atoms with Crippen molar-refractivity contribution in [3.05, 3.63) is 24.3 Å². The number of amides is 1. The Bertz CT molecular complexity index is 273. The molecule has 0 saturated heterocycles. The molecule has 0 aliphatic carbocycles. The van der Waals surface area contributed by atoms with Crippen LogP contribution in [0.3, 0.4) is 0 Å². The van der Waals surface area contributed by atoms with Crippen LogP contribution in [-0.4, -0.2) is 5.91 Å². The van der Waals surface area contributed by atoms with Crippen LogP contribution in [0.4, 0.5) is 5.69 Å². The molecule has 1 rings (SSSR count).